The average molecular weight is 542 g/mol. The minimum atomic E-state index is 0.0954. The first kappa shape index (κ1) is 25.4. The van der Waals surface area contributed by atoms with E-state index in [9.17, 15) is 0 Å². The monoisotopic (exact) mass is 541 g/mol. The first-order valence-electron chi connectivity index (χ1n) is 14.6. The van der Waals surface area contributed by atoms with Crippen LogP contribution in [-0.4, -0.2) is 0 Å². The number of rotatable bonds is 3. The zero-order chi connectivity index (χ0) is 27.8. The molecule has 4 aromatic carbocycles. The number of nitrogens with zero attached hydrogens (tertiary/aromatic N) is 2. The summed E-state index contributed by atoms with van der Waals surface area (Å²) >= 11 is 1.91. The third-order valence-corrected chi connectivity index (χ3v) is 10.8. The van der Waals surface area contributed by atoms with Crippen LogP contribution >= 0.6 is 11.8 Å². The second-order valence-corrected chi connectivity index (χ2v) is 12.9. The zero-order valence-corrected chi connectivity index (χ0v) is 25.2. The second kappa shape index (κ2) is 9.24. The number of fused-ring (bicyclic) bond motifs is 7. The van der Waals surface area contributed by atoms with Gasteiger partial charge in [-0.25, -0.2) is 0 Å². The Labute approximate surface area is 242 Å². The zero-order valence-electron chi connectivity index (χ0n) is 24.4. The summed E-state index contributed by atoms with van der Waals surface area (Å²) in [5.74, 6) is 0. The Morgan fingerprint density at radius 1 is 0.750 bits per heavy atom. The molecule has 200 valence electrons. The molecule has 0 atom stereocenters. The smallest absolute Gasteiger partial charge is 0.221 e. The topological polar surface area (TPSA) is 7.12 Å². The summed E-state index contributed by atoms with van der Waals surface area (Å²) < 4.78 is 2.61. The van der Waals surface area contributed by atoms with E-state index >= 15 is 0 Å². The summed E-state index contributed by atoms with van der Waals surface area (Å²) in [7, 11) is 0. The van der Waals surface area contributed by atoms with E-state index in [1.807, 2.05) is 11.8 Å². The van der Waals surface area contributed by atoms with Gasteiger partial charge in [0.1, 0.15) is 0 Å². The molecule has 0 bridgehead atoms. The summed E-state index contributed by atoms with van der Waals surface area (Å²) in [6, 6.07) is 27.9. The van der Waals surface area contributed by atoms with Crippen LogP contribution in [0.1, 0.15) is 54.5 Å². The van der Waals surface area contributed by atoms with Gasteiger partial charge in [0, 0.05) is 40.8 Å². The summed E-state index contributed by atoms with van der Waals surface area (Å²) in [6.07, 6.45) is 5.63. The van der Waals surface area contributed by atoms with E-state index in [1.165, 1.54) is 76.7 Å². The molecule has 0 saturated heterocycles. The number of aromatic nitrogens is 1. The molecule has 0 N–H and O–H groups in total. The van der Waals surface area contributed by atoms with E-state index in [2.05, 4.69) is 130 Å². The highest BCUT2D eigenvalue weighted by Gasteiger charge is 2.44. The Morgan fingerprint density at radius 2 is 1.38 bits per heavy atom. The van der Waals surface area contributed by atoms with Crippen LogP contribution < -0.4 is 9.47 Å². The normalized spacial score (nSPS) is 14.9. The van der Waals surface area contributed by atoms with Gasteiger partial charge in [-0.15, -0.1) is 0 Å². The van der Waals surface area contributed by atoms with E-state index < -0.39 is 0 Å². The van der Waals surface area contributed by atoms with Crippen molar-refractivity contribution in [1.82, 2.24) is 0 Å². The standard InChI is InChI=1S/C37H37N2S/c1-7-37(8-2)22-28-13-14-29(21-31(28)36-30-12-10-9-11-27(30)15-16-38(36)37)39-32-17-23(3)25(5)19-34(32)40-35-20-26(6)24(4)18-33(35)39/h9-21H,7-8,22H2,1-6H3/q+1. The van der Waals surface area contributed by atoms with Crippen molar-refractivity contribution >= 4 is 39.6 Å². The van der Waals surface area contributed by atoms with Gasteiger partial charge < -0.3 is 4.90 Å². The minimum Gasteiger partial charge on any atom is -0.308 e. The molecule has 0 saturated carbocycles. The third-order valence-electron chi connectivity index (χ3n) is 9.67. The highest BCUT2D eigenvalue weighted by atomic mass is 32.2. The molecule has 0 radical (unpaired) electrons. The molecular formula is C37H37N2S+. The van der Waals surface area contributed by atoms with Crippen molar-refractivity contribution in [3.8, 4) is 11.3 Å². The van der Waals surface area contributed by atoms with Crippen molar-refractivity contribution in [3.05, 3.63) is 107 Å². The molecule has 0 unspecified atom stereocenters. The minimum absolute atomic E-state index is 0.0954. The first-order chi connectivity index (χ1) is 19.3. The van der Waals surface area contributed by atoms with Gasteiger partial charge in [-0.1, -0.05) is 49.9 Å². The Kier molecular flexibility index (Phi) is 5.87. The van der Waals surface area contributed by atoms with Crippen LogP contribution in [-0.2, 0) is 12.0 Å². The van der Waals surface area contributed by atoms with Crippen molar-refractivity contribution in [2.45, 2.75) is 76.1 Å². The Morgan fingerprint density at radius 3 is 2.02 bits per heavy atom. The lowest BCUT2D eigenvalue weighted by Crippen LogP contribution is -2.60. The molecule has 2 aliphatic heterocycles. The number of hydrogen-bond acceptors (Lipinski definition) is 2. The van der Waals surface area contributed by atoms with E-state index in [-0.39, 0.29) is 5.54 Å². The molecule has 5 aromatic rings. The maximum absolute atomic E-state index is 2.61. The fourth-order valence-corrected chi connectivity index (χ4v) is 8.05. The highest BCUT2D eigenvalue weighted by molar-refractivity contribution is 7.99. The van der Waals surface area contributed by atoms with E-state index in [0.717, 1.165) is 19.3 Å². The number of hydrogen-bond donors (Lipinski definition) is 0. The van der Waals surface area contributed by atoms with Gasteiger partial charge in [0.05, 0.1) is 22.3 Å². The fourth-order valence-electron chi connectivity index (χ4n) is 6.83. The lowest BCUT2D eigenvalue weighted by Gasteiger charge is -2.36. The SMILES string of the molecule is CCC1(CC)Cc2ccc(N3c4cc(C)c(C)cc4Sc4cc(C)c(C)cc43)cc2-c2c3ccccc3cc[n+]21. The van der Waals surface area contributed by atoms with Crippen molar-refractivity contribution in [3.63, 3.8) is 0 Å². The second-order valence-electron chi connectivity index (χ2n) is 11.8. The number of anilines is 3. The van der Waals surface area contributed by atoms with Gasteiger partial charge in [0.15, 0.2) is 11.7 Å². The molecule has 0 fully saturated rings. The third kappa shape index (κ3) is 3.67. The largest absolute Gasteiger partial charge is 0.308 e. The van der Waals surface area contributed by atoms with Gasteiger partial charge in [0.25, 0.3) is 0 Å². The summed E-state index contributed by atoms with van der Waals surface area (Å²) in [5.41, 5.74) is 13.4. The number of pyridine rings is 1. The molecule has 1 aromatic heterocycles. The van der Waals surface area contributed by atoms with Gasteiger partial charge in [-0.2, -0.15) is 4.57 Å². The van der Waals surface area contributed by atoms with Crippen LogP contribution in [0.5, 0.6) is 0 Å². The molecule has 7 rings (SSSR count). The van der Waals surface area contributed by atoms with Gasteiger partial charge in [-0.05, 0) is 103 Å². The molecule has 3 heterocycles. The van der Waals surface area contributed by atoms with Gasteiger partial charge >= 0.3 is 0 Å². The Balaban J connectivity index is 1.51. The highest BCUT2D eigenvalue weighted by Crippen LogP contribution is 2.53. The molecule has 3 heteroatoms. The Bertz CT molecular complexity index is 1770. The number of benzene rings is 4. The first-order valence-corrected chi connectivity index (χ1v) is 15.4. The van der Waals surface area contributed by atoms with Crippen molar-refractivity contribution < 1.29 is 4.57 Å². The van der Waals surface area contributed by atoms with Gasteiger partial charge in [-0.3, -0.25) is 0 Å². The maximum Gasteiger partial charge on any atom is 0.221 e. The van der Waals surface area contributed by atoms with Crippen LogP contribution in [0.15, 0.2) is 88.8 Å². The summed E-state index contributed by atoms with van der Waals surface area (Å²) in [6.45, 7) is 13.6. The fraction of sp³-hybridized carbons (Fsp3) is 0.270. The average Bonchev–Trinajstić information content (AvgIpc) is 2.97. The number of aryl methyl sites for hydroxylation is 4. The van der Waals surface area contributed by atoms with Crippen LogP contribution in [0.2, 0.25) is 0 Å². The van der Waals surface area contributed by atoms with E-state index in [1.54, 1.807) is 0 Å². The summed E-state index contributed by atoms with van der Waals surface area (Å²) in [4.78, 5) is 5.16. The van der Waals surface area contributed by atoms with E-state index in [0.29, 0.717) is 0 Å². The molecule has 40 heavy (non-hydrogen) atoms. The van der Waals surface area contributed by atoms with Crippen molar-refractivity contribution in [2.75, 3.05) is 4.90 Å². The van der Waals surface area contributed by atoms with Crippen LogP contribution in [0.3, 0.4) is 0 Å². The molecule has 0 spiro atoms. The predicted molar refractivity (Wildman–Crippen MR) is 170 cm³/mol. The molecule has 2 nitrogen and oxygen atoms in total. The maximum atomic E-state index is 2.61. The quantitative estimate of drug-likeness (QED) is 0.206. The van der Waals surface area contributed by atoms with Gasteiger partial charge in [0.2, 0.25) is 5.69 Å². The van der Waals surface area contributed by atoms with Crippen molar-refractivity contribution in [1.29, 1.82) is 0 Å². The van der Waals surface area contributed by atoms with Crippen LogP contribution in [0.4, 0.5) is 17.1 Å². The lowest BCUT2D eigenvalue weighted by molar-refractivity contribution is -0.757. The molecular weight excluding hydrogens is 504 g/mol. The predicted octanol–water partition coefficient (Wildman–Crippen LogP) is 10.0. The molecule has 0 amide bonds. The summed E-state index contributed by atoms with van der Waals surface area (Å²) in [5, 5.41) is 2.64. The molecule has 0 aliphatic carbocycles. The lowest BCUT2D eigenvalue weighted by atomic mass is 9.78. The Hall–Kier alpha value is -3.56. The molecule has 2 aliphatic rings. The van der Waals surface area contributed by atoms with E-state index in [4.69, 9.17) is 0 Å². The van der Waals surface area contributed by atoms with Crippen molar-refractivity contribution in [2.24, 2.45) is 0 Å². The van der Waals surface area contributed by atoms with Crippen LogP contribution in [0, 0.1) is 27.7 Å². The van der Waals surface area contributed by atoms with Crippen LogP contribution in [0.25, 0.3) is 22.0 Å².